The summed E-state index contributed by atoms with van der Waals surface area (Å²) in [5.74, 6) is 0.215. The number of nitrogens with zero attached hydrogens (tertiary/aromatic N) is 1. The molecule has 1 unspecified atom stereocenters. The van der Waals surface area contributed by atoms with E-state index in [1.165, 1.54) is 0 Å². The molecule has 6 heteroatoms. The van der Waals surface area contributed by atoms with Crippen molar-refractivity contribution in [1.29, 1.82) is 0 Å². The summed E-state index contributed by atoms with van der Waals surface area (Å²) in [7, 11) is 0. The van der Waals surface area contributed by atoms with Gasteiger partial charge in [0.1, 0.15) is 5.75 Å². The van der Waals surface area contributed by atoms with Crippen molar-refractivity contribution >= 4 is 11.8 Å². The number of amides is 2. The first-order valence-electron chi connectivity index (χ1n) is 6.99. The molecular weight excluding hydrogens is 272 g/mol. The van der Waals surface area contributed by atoms with Crippen LogP contribution in [0.15, 0.2) is 30.3 Å². The molecule has 2 amide bonds. The second-order valence-electron chi connectivity index (χ2n) is 4.90. The average molecular weight is 292 g/mol. The Hall–Kier alpha value is -2.08. The van der Waals surface area contributed by atoms with Gasteiger partial charge in [-0.3, -0.25) is 9.59 Å². The quantitative estimate of drug-likeness (QED) is 0.854. The fraction of sp³-hybridized carbons (Fsp3) is 0.467. The zero-order valence-electron chi connectivity index (χ0n) is 12.1. The molecule has 1 fully saturated rings. The van der Waals surface area contributed by atoms with E-state index in [-0.39, 0.29) is 31.1 Å². The van der Waals surface area contributed by atoms with Crippen LogP contribution in [0.25, 0.3) is 0 Å². The van der Waals surface area contributed by atoms with E-state index in [0.717, 1.165) is 0 Å². The molecule has 1 saturated heterocycles. The number of carbonyl (C=O) groups excluding carboxylic acids is 2. The lowest BCUT2D eigenvalue weighted by Gasteiger charge is -2.31. The van der Waals surface area contributed by atoms with Gasteiger partial charge in [0.15, 0.2) is 6.61 Å². The molecule has 1 aromatic carbocycles. The van der Waals surface area contributed by atoms with E-state index < -0.39 is 0 Å². The van der Waals surface area contributed by atoms with Crippen LogP contribution in [0.3, 0.4) is 0 Å². The van der Waals surface area contributed by atoms with Crippen LogP contribution in [-0.4, -0.2) is 55.7 Å². The van der Waals surface area contributed by atoms with E-state index in [9.17, 15) is 9.59 Å². The number of rotatable bonds is 5. The van der Waals surface area contributed by atoms with Gasteiger partial charge in [0.2, 0.25) is 5.91 Å². The molecule has 0 aliphatic carbocycles. The fourth-order valence-corrected chi connectivity index (χ4v) is 2.05. The molecule has 6 nitrogen and oxygen atoms in total. The molecule has 0 aromatic heterocycles. The van der Waals surface area contributed by atoms with Gasteiger partial charge in [-0.15, -0.1) is 0 Å². The van der Waals surface area contributed by atoms with Crippen LogP contribution in [-0.2, 0) is 14.3 Å². The zero-order chi connectivity index (χ0) is 15.1. The van der Waals surface area contributed by atoms with Gasteiger partial charge in [0.05, 0.1) is 19.3 Å². The van der Waals surface area contributed by atoms with Crippen molar-refractivity contribution in [3.05, 3.63) is 30.3 Å². The Morgan fingerprint density at radius 1 is 1.38 bits per heavy atom. The molecule has 1 N–H and O–H groups in total. The van der Waals surface area contributed by atoms with Crippen LogP contribution < -0.4 is 10.1 Å². The number of ether oxygens (including phenoxy) is 2. The Morgan fingerprint density at radius 2 is 2.14 bits per heavy atom. The second kappa shape index (κ2) is 7.64. The summed E-state index contributed by atoms with van der Waals surface area (Å²) < 4.78 is 10.7. The van der Waals surface area contributed by atoms with Crippen LogP contribution in [0.5, 0.6) is 5.75 Å². The van der Waals surface area contributed by atoms with Gasteiger partial charge in [-0.25, -0.2) is 0 Å². The van der Waals surface area contributed by atoms with Gasteiger partial charge in [-0.05, 0) is 19.1 Å². The molecular formula is C15H20N2O4. The maximum absolute atomic E-state index is 11.9. The number of hydrogen-bond acceptors (Lipinski definition) is 4. The Balaban J connectivity index is 1.67. The van der Waals surface area contributed by atoms with E-state index in [1.54, 1.807) is 17.0 Å². The van der Waals surface area contributed by atoms with Crippen molar-refractivity contribution in [1.82, 2.24) is 10.2 Å². The van der Waals surface area contributed by atoms with Crippen molar-refractivity contribution < 1.29 is 19.1 Å². The Kier molecular flexibility index (Phi) is 5.57. The van der Waals surface area contributed by atoms with E-state index in [1.807, 2.05) is 25.1 Å². The molecule has 0 radical (unpaired) electrons. The minimum atomic E-state index is -0.312. The summed E-state index contributed by atoms with van der Waals surface area (Å²) >= 11 is 0. The summed E-state index contributed by atoms with van der Waals surface area (Å²) in [6.45, 7) is 3.49. The van der Waals surface area contributed by atoms with Crippen LogP contribution in [0.4, 0.5) is 0 Å². The highest BCUT2D eigenvalue weighted by molar-refractivity contribution is 5.85. The lowest BCUT2D eigenvalue weighted by Crippen LogP contribution is -2.48. The molecule has 1 heterocycles. The summed E-state index contributed by atoms with van der Waals surface area (Å²) in [5, 5.41) is 2.57. The normalized spacial score (nSPS) is 18.1. The third-order valence-corrected chi connectivity index (χ3v) is 3.14. The predicted octanol–water partition coefficient (Wildman–Crippen LogP) is 0.429. The molecule has 1 aliphatic rings. The second-order valence-corrected chi connectivity index (χ2v) is 4.90. The van der Waals surface area contributed by atoms with E-state index in [2.05, 4.69) is 5.32 Å². The summed E-state index contributed by atoms with van der Waals surface area (Å²) in [6.07, 6.45) is 0.0415. The smallest absolute Gasteiger partial charge is 0.258 e. The number of para-hydroxylation sites is 1. The van der Waals surface area contributed by atoms with Crippen LogP contribution in [0.2, 0.25) is 0 Å². The average Bonchev–Trinajstić information content (AvgIpc) is 2.51. The van der Waals surface area contributed by atoms with Gasteiger partial charge in [-0.1, -0.05) is 18.2 Å². The van der Waals surface area contributed by atoms with Crippen molar-refractivity contribution in [2.75, 3.05) is 32.8 Å². The van der Waals surface area contributed by atoms with Crippen LogP contribution >= 0.6 is 0 Å². The maximum atomic E-state index is 11.9. The highest BCUT2D eigenvalue weighted by Gasteiger charge is 2.21. The predicted molar refractivity (Wildman–Crippen MR) is 76.9 cm³/mol. The van der Waals surface area contributed by atoms with Gasteiger partial charge in [0, 0.05) is 13.1 Å². The first-order chi connectivity index (χ1) is 10.1. The monoisotopic (exact) mass is 292 g/mol. The molecule has 1 aromatic rings. The van der Waals surface area contributed by atoms with Gasteiger partial charge in [-0.2, -0.15) is 0 Å². The minimum Gasteiger partial charge on any atom is -0.484 e. The largest absolute Gasteiger partial charge is 0.484 e. The van der Waals surface area contributed by atoms with Crippen LogP contribution in [0.1, 0.15) is 6.92 Å². The van der Waals surface area contributed by atoms with Gasteiger partial charge >= 0.3 is 0 Å². The molecule has 0 saturated carbocycles. The van der Waals surface area contributed by atoms with Crippen molar-refractivity contribution in [2.24, 2.45) is 0 Å². The topological polar surface area (TPSA) is 67.9 Å². The van der Waals surface area contributed by atoms with Crippen LogP contribution in [0, 0.1) is 0 Å². The van der Waals surface area contributed by atoms with E-state index >= 15 is 0 Å². The SMILES string of the molecule is CC1CN(C(=O)CNC(=O)COc2ccccc2)CCO1. The standard InChI is InChI=1S/C15H20N2O4/c1-12-10-17(7-8-20-12)15(19)9-16-14(18)11-21-13-5-3-2-4-6-13/h2-6,12H,7-11H2,1H3,(H,16,18). The van der Waals surface area contributed by atoms with Gasteiger partial charge < -0.3 is 19.7 Å². The first-order valence-corrected chi connectivity index (χ1v) is 6.99. The number of carbonyl (C=O) groups is 2. The molecule has 21 heavy (non-hydrogen) atoms. The van der Waals surface area contributed by atoms with E-state index in [4.69, 9.17) is 9.47 Å². The van der Waals surface area contributed by atoms with E-state index in [0.29, 0.717) is 25.4 Å². The van der Waals surface area contributed by atoms with Crippen molar-refractivity contribution in [2.45, 2.75) is 13.0 Å². The molecule has 1 aliphatic heterocycles. The summed E-state index contributed by atoms with van der Waals surface area (Å²) in [4.78, 5) is 25.3. The number of benzene rings is 1. The highest BCUT2D eigenvalue weighted by Crippen LogP contribution is 2.07. The maximum Gasteiger partial charge on any atom is 0.258 e. The lowest BCUT2D eigenvalue weighted by atomic mass is 10.3. The highest BCUT2D eigenvalue weighted by atomic mass is 16.5. The van der Waals surface area contributed by atoms with Crippen molar-refractivity contribution in [3.8, 4) is 5.75 Å². The fourth-order valence-electron chi connectivity index (χ4n) is 2.05. The number of hydrogen-bond donors (Lipinski definition) is 1. The number of morpholine rings is 1. The Morgan fingerprint density at radius 3 is 2.86 bits per heavy atom. The first kappa shape index (κ1) is 15.3. The third-order valence-electron chi connectivity index (χ3n) is 3.14. The Bertz CT molecular complexity index is 478. The minimum absolute atomic E-state index is 0.0102. The summed E-state index contributed by atoms with van der Waals surface area (Å²) in [5.41, 5.74) is 0. The molecule has 0 bridgehead atoms. The number of nitrogens with one attached hydrogen (secondary N) is 1. The lowest BCUT2D eigenvalue weighted by molar-refractivity contribution is -0.139. The molecule has 0 spiro atoms. The summed E-state index contributed by atoms with van der Waals surface area (Å²) in [6, 6.07) is 9.07. The third kappa shape index (κ3) is 5.07. The van der Waals surface area contributed by atoms with Crippen molar-refractivity contribution in [3.63, 3.8) is 0 Å². The Labute approximate surface area is 124 Å². The van der Waals surface area contributed by atoms with Gasteiger partial charge in [0.25, 0.3) is 5.91 Å². The molecule has 2 rings (SSSR count). The molecule has 114 valence electrons. The molecule has 1 atom stereocenters. The zero-order valence-corrected chi connectivity index (χ0v) is 12.1.